The van der Waals surface area contributed by atoms with Crippen LogP contribution in [0.15, 0.2) is 60.7 Å². The number of aromatic nitrogens is 3. The second-order valence-corrected chi connectivity index (χ2v) is 8.20. The Morgan fingerprint density at radius 3 is 1.94 bits per heavy atom. The lowest BCUT2D eigenvalue weighted by atomic mass is 10.1. The lowest BCUT2D eigenvalue weighted by molar-refractivity contribution is -0.154. The molecule has 7 nitrogen and oxygen atoms in total. The summed E-state index contributed by atoms with van der Waals surface area (Å²) in [5.74, 6) is 0.857. The molecule has 3 aromatic rings. The molecule has 3 rings (SSSR count). The van der Waals surface area contributed by atoms with Crippen LogP contribution in [0.1, 0.15) is 39.5 Å². The Bertz CT molecular complexity index is 939. The van der Waals surface area contributed by atoms with Gasteiger partial charge in [0.2, 0.25) is 6.10 Å². The van der Waals surface area contributed by atoms with Gasteiger partial charge < -0.3 is 14.6 Å². The van der Waals surface area contributed by atoms with Gasteiger partial charge in [0.05, 0.1) is 13.2 Å². The number of hydrogen-bond donors (Lipinski definition) is 1. The minimum atomic E-state index is -1.21. The quantitative estimate of drug-likeness (QED) is 0.316. The molecular weight excluding hydrogens is 418 g/mol. The van der Waals surface area contributed by atoms with Crippen LogP contribution < -0.4 is 4.74 Å². The molecule has 0 amide bonds. The fourth-order valence-electron chi connectivity index (χ4n) is 3.23. The first-order chi connectivity index (χ1) is 16.1. The normalized spacial score (nSPS) is 11.9. The number of carbonyl (C=O) groups is 1. The van der Waals surface area contributed by atoms with Crippen molar-refractivity contribution in [1.82, 2.24) is 15.0 Å². The Morgan fingerprint density at radius 1 is 0.848 bits per heavy atom. The number of rotatable bonds is 12. The summed E-state index contributed by atoms with van der Waals surface area (Å²) < 4.78 is 11.0. The van der Waals surface area contributed by atoms with Crippen molar-refractivity contribution in [1.29, 1.82) is 0 Å². The van der Waals surface area contributed by atoms with Gasteiger partial charge in [-0.1, -0.05) is 93.8 Å². The van der Waals surface area contributed by atoms with E-state index in [9.17, 15) is 9.90 Å². The van der Waals surface area contributed by atoms with Gasteiger partial charge >= 0.3 is 12.0 Å². The Hall–Kier alpha value is -3.32. The maximum Gasteiger partial charge on any atom is 0.349 e. The van der Waals surface area contributed by atoms with Gasteiger partial charge in [0.15, 0.2) is 11.6 Å². The number of unbranched alkanes of at least 4 members (excludes halogenated alkanes) is 2. The molecule has 0 bridgehead atoms. The average Bonchev–Trinajstić information content (AvgIpc) is 2.85. The molecule has 7 heteroatoms. The first-order valence-corrected chi connectivity index (χ1v) is 11.4. The predicted molar refractivity (Wildman–Crippen MR) is 126 cm³/mol. The van der Waals surface area contributed by atoms with Crippen molar-refractivity contribution in [3.05, 3.63) is 60.7 Å². The van der Waals surface area contributed by atoms with E-state index in [0.717, 1.165) is 36.8 Å². The van der Waals surface area contributed by atoms with Crippen molar-refractivity contribution < 1.29 is 19.4 Å². The van der Waals surface area contributed by atoms with Gasteiger partial charge in [-0.15, -0.1) is 0 Å². The Morgan fingerprint density at radius 2 is 1.42 bits per heavy atom. The zero-order chi connectivity index (χ0) is 23.5. The number of ether oxygens (including phenoxy) is 2. The summed E-state index contributed by atoms with van der Waals surface area (Å²) in [6, 6.07) is 18.8. The van der Waals surface area contributed by atoms with E-state index in [-0.39, 0.29) is 6.01 Å². The fourth-order valence-corrected chi connectivity index (χ4v) is 3.23. The van der Waals surface area contributed by atoms with Crippen LogP contribution in [0.4, 0.5) is 0 Å². The monoisotopic (exact) mass is 449 g/mol. The predicted octanol–water partition coefficient (Wildman–Crippen LogP) is 4.70. The van der Waals surface area contributed by atoms with E-state index in [4.69, 9.17) is 9.47 Å². The summed E-state index contributed by atoms with van der Waals surface area (Å²) >= 11 is 0. The second kappa shape index (κ2) is 12.6. The van der Waals surface area contributed by atoms with E-state index in [1.165, 1.54) is 0 Å². The minimum absolute atomic E-state index is 0.0457. The molecule has 0 saturated heterocycles. The van der Waals surface area contributed by atoms with Crippen molar-refractivity contribution in [2.45, 2.75) is 45.6 Å². The van der Waals surface area contributed by atoms with Gasteiger partial charge in [0, 0.05) is 11.1 Å². The molecule has 1 aromatic heterocycles. The van der Waals surface area contributed by atoms with E-state index in [2.05, 4.69) is 28.8 Å². The van der Waals surface area contributed by atoms with Gasteiger partial charge in [-0.25, -0.2) is 9.78 Å². The Labute approximate surface area is 194 Å². The van der Waals surface area contributed by atoms with Crippen LogP contribution in [0.25, 0.3) is 22.8 Å². The second-order valence-electron chi connectivity index (χ2n) is 8.20. The van der Waals surface area contributed by atoms with Crippen molar-refractivity contribution >= 4 is 5.97 Å². The highest BCUT2D eigenvalue weighted by Gasteiger charge is 2.23. The molecule has 0 radical (unpaired) electrons. The highest BCUT2D eigenvalue weighted by molar-refractivity contribution is 5.75. The van der Waals surface area contributed by atoms with E-state index in [1.54, 1.807) is 0 Å². The van der Waals surface area contributed by atoms with Crippen LogP contribution in [0.3, 0.4) is 0 Å². The molecule has 174 valence electrons. The third-order valence-electron chi connectivity index (χ3n) is 5.03. The summed E-state index contributed by atoms with van der Waals surface area (Å²) in [4.78, 5) is 25.8. The Balaban J connectivity index is 1.72. The van der Waals surface area contributed by atoms with Gasteiger partial charge in [0.1, 0.15) is 0 Å². The maximum absolute atomic E-state index is 12.5. The van der Waals surface area contributed by atoms with Crippen LogP contribution in [-0.2, 0) is 9.53 Å². The van der Waals surface area contributed by atoms with Crippen LogP contribution in [0, 0.1) is 5.92 Å². The molecule has 1 heterocycles. The highest BCUT2D eigenvalue weighted by Crippen LogP contribution is 2.23. The molecule has 0 aliphatic carbocycles. The van der Waals surface area contributed by atoms with Crippen molar-refractivity contribution in [3.8, 4) is 28.8 Å². The molecule has 33 heavy (non-hydrogen) atoms. The summed E-state index contributed by atoms with van der Waals surface area (Å²) in [5, 5.41) is 9.74. The topological polar surface area (TPSA) is 94.4 Å². The lowest BCUT2D eigenvalue weighted by Gasteiger charge is -2.15. The van der Waals surface area contributed by atoms with Crippen LogP contribution >= 0.6 is 0 Å². The number of esters is 1. The molecule has 0 spiro atoms. The summed E-state index contributed by atoms with van der Waals surface area (Å²) in [5.41, 5.74) is 1.57. The van der Waals surface area contributed by atoms with Gasteiger partial charge in [-0.2, -0.15) is 9.97 Å². The van der Waals surface area contributed by atoms with Gasteiger partial charge in [-0.3, -0.25) is 0 Å². The first-order valence-electron chi connectivity index (χ1n) is 11.4. The number of nitrogens with zero attached hydrogens (tertiary/aromatic N) is 3. The third-order valence-corrected chi connectivity index (χ3v) is 5.03. The molecule has 1 atom stereocenters. The van der Waals surface area contributed by atoms with E-state index >= 15 is 0 Å². The summed E-state index contributed by atoms with van der Waals surface area (Å²) in [6.07, 6.45) is 2.81. The molecule has 0 saturated carbocycles. The Kier molecular flexibility index (Phi) is 9.32. The summed E-state index contributed by atoms with van der Waals surface area (Å²) in [7, 11) is 0. The molecule has 0 aliphatic rings. The zero-order valence-corrected chi connectivity index (χ0v) is 19.2. The maximum atomic E-state index is 12.5. The van der Waals surface area contributed by atoms with Gasteiger partial charge in [0.25, 0.3) is 0 Å². The van der Waals surface area contributed by atoms with E-state index in [0.29, 0.717) is 24.2 Å². The number of aliphatic hydroxyl groups excluding tert-OH is 1. The molecular formula is C26H31N3O4. The number of benzene rings is 2. The molecule has 2 aromatic carbocycles. The third kappa shape index (κ3) is 7.64. The summed E-state index contributed by atoms with van der Waals surface area (Å²) in [6.45, 7) is 4.13. The molecule has 1 N–H and O–H groups in total. The average molecular weight is 450 g/mol. The van der Waals surface area contributed by atoms with E-state index < -0.39 is 18.7 Å². The molecule has 0 aliphatic heterocycles. The van der Waals surface area contributed by atoms with Crippen molar-refractivity contribution in [2.75, 3.05) is 13.2 Å². The number of carbonyl (C=O) groups excluding carboxylic acids is 1. The largest absolute Gasteiger partial charge is 0.463 e. The fraction of sp³-hybridized carbons (Fsp3) is 0.385. The van der Waals surface area contributed by atoms with Crippen molar-refractivity contribution in [2.24, 2.45) is 5.92 Å². The van der Waals surface area contributed by atoms with Crippen LogP contribution in [0.5, 0.6) is 6.01 Å². The SMILES string of the molecule is CC(C)CCCCCOC(=O)C(CO)Oc1nc(-c2ccccc2)nc(-c2ccccc2)n1. The first kappa shape index (κ1) is 24.3. The minimum Gasteiger partial charge on any atom is -0.463 e. The van der Waals surface area contributed by atoms with Crippen LogP contribution in [0.2, 0.25) is 0 Å². The highest BCUT2D eigenvalue weighted by atomic mass is 16.6. The lowest BCUT2D eigenvalue weighted by Crippen LogP contribution is -2.33. The zero-order valence-electron chi connectivity index (χ0n) is 19.2. The standard InChI is InChI=1S/C26H31N3O4/c1-19(2)12-6-5-11-17-32-25(31)22(18-30)33-26-28-23(20-13-7-3-8-14-20)27-24(29-26)21-15-9-4-10-16-21/h3-4,7-10,13-16,19,22,30H,5-6,11-12,17-18H2,1-2H3. The van der Waals surface area contributed by atoms with Gasteiger partial charge in [-0.05, 0) is 12.3 Å². The number of hydrogen-bond acceptors (Lipinski definition) is 7. The van der Waals surface area contributed by atoms with Crippen molar-refractivity contribution in [3.63, 3.8) is 0 Å². The van der Waals surface area contributed by atoms with E-state index in [1.807, 2.05) is 60.7 Å². The van der Waals surface area contributed by atoms with Crippen LogP contribution in [-0.4, -0.2) is 45.3 Å². The smallest absolute Gasteiger partial charge is 0.349 e. The molecule has 0 fully saturated rings. The number of aliphatic hydroxyl groups is 1. The molecule has 1 unspecified atom stereocenters.